The molecule has 1 rings (SSSR count). The predicted molar refractivity (Wildman–Crippen MR) is 51.8 cm³/mol. The number of aromatic nitrogens is 2. The molecule has 0 unspecified atom stereocenters. The van der Waals surface area contributed by atoms with Crippen molar-refractivity contribution in [1.29, 1.82) is 0 Å². The van der Waals surface area contributed by atoms with Gasteiger partial charge in [0.1, 0.15) is 17.3 Å². The molecule has 0 bridgehead atoms. The number of carbonyl (C=O) groups excluding carboxylic acids is 1. The van der Waals surface area contributed by atoms with E-state index in [4.69, 9.17) is 11.6 Å². The van der Waals surface area contributed by atoms with E-state index in [0.717, 1.165) is 12.1 Å². The standard InChI is InChI=1S/C9H13ClN2O/c1-9(2,6-13)4-8-11-5-7(10)12(8)3/h5-6H,4H2,1-3H3. The van der Waals surface area contributed by atoms with Gasteiger partial charge in [0.05, 0.1) is 6.20 Å². The quantitative estimate of drug-likeness (QED) is 0.698. The summed E-state index contributed by atoms with van der Waals surface area (Å²) in [5, 5.41) is 0.594. The summed E-state index contributed by atoms with van der Waals surface area (Å²) in [5.74, 6) is 0.835. The van der Waals surface area contributed by atoms with Crippen molar-refractivity contribution in [1.82, 2.24) is 9.55 Å². The highest BCUT2D eigenvalue weighted by Crippen LogP contribution is 2.19. The number of carbonyl (C=O) groups is 1. The molecule has 0 N–H and O–H groups in total. The van der Waals surface area contributed by atoms with E-state index in [9.17, 15) is 4.79 Å². The van der Waals surface area contributed by atoms with Gasteiger partial charge in [-0.25, -0.2) is 4.98 Å². The number of nitrogens with zero attached hydrogens (tertiary/aromatic N) is 2. The van der Waals surface area contributed by atoms with Crippen LogP contribution >= 0.6 is 11.6 Å². The Labute approximate surface area is 82.7 Å². The highest BCUT2D eigenvalue weighted by Gasteiger charge is 2.20. The van der Waals surface area contributed by atoms with Gasteiger partial charge in [-0.3, -0.25) is 0 Å². The second-order valence-corrected chi connectivity index (χ2v) is 4.23. The van der Waals surface area contributed by atoms with Crippen molar-refractivity contribution >= 4 is 17.9 Å². The zero-order chi connectivity index (χ0) is 10.1. The molecule has 0 saturated heterocycles. The van der Waals surface area contributed by atoms with Crippen LogP contribution in [0.3, 0.4) is 0 Å². The molecule has 0 aliphatic rings. The molecule has 13 heavy (non-hydrogen) atoms. The van der Waals surface area contributed by atoms with E-state index in [2.05, 4.69) is 4.98 Å². The Hall–Kier alpha value is -0.830. The van der Waals surface area contributed by atoms with Crippen molar-refractivity contribution in [2.24, 2.45) is 12.5 Å². The zero-order valence-corrected chi connectivity index (χ0v) is 8.80. The van der Waals surface area contributed by atoms with Crippen LogP contribution in [0, 0.1) is 5.41 Å². The maximum absolute atomic E-state index is 10.7. The minimum Gasteiger partial charge on any atom is -0.322 e. The summed E-state index contributed by atoms with van der Waals surface area (Å²) in [4.78, 5) is 14.8. The second-order valence-electron chi connectivity index (χ2n) is 3.84. The van der Waals surface area contributed by atoms with Gasteiger partial charge in [-0.2, -0.15) is 0 Å². The Morgan fingerprint density at radius 2 is 2.31 bits per heavy atom. The summed E-state index contributed by atoms with van der Waals surface area (Å²) in [5.41, 5.74) is -0.373. The smallest absolute Gasteiger partial charge is 0.128 e. The van der Waals surface area contributed by atoms with Gasteiger partial charge in [-0.15, -0.1) is 0 Å². The molecule has 0 aromatic carbocycles. The summed E-state index contributed by atoms with van der Waals surface area (Å²) in [6, 6.07) is 0. The molecule has 0 radical (unpaired) electrons. The molecule has 3 nitrogen and oxygen atoms in total. The highest BCUT2D eigenvalue weighted by molar-refractivity contribution is 6.29. The van der Waals surface area contributed by atoms with Crippen LogP contribution in [0.25, 0.3) is 0 Å². The molecule has 4 heteroatoms. The van der Waals surface area contributed by atoms with Crippen LogP contribution < -0.4 is 0 Å². The lowest BCUT2D eigenvalue weighted by Crippen LogP contribution is -2.18. The van der Waals surface area contributed by atoms with Crippen molar-refractivity contribution in [3.8, 4) is 0 Å². The molecular formula is C9H13ClN2O. The first-order valence-electron chi connectivity index (χ1n) is 4.09. The summed E-state index contributed by atoms with van der Waals surface area (Å²) in [7, 11) is 1.84. The van der Waals surface area contributed by atoms with E-state index >= 15 is 0 Å². The molecular weight excluding hydrogens is 188 g/mol. The fourth-order valence-electron chi connectivity index (χ4n) is 1.04. The van der Waals surface area contributed by atoms with Crippen molar-refractivity contribution in [2.75, 3.05) is 0 Å². The largest absolute Gasteiger partial charge is 0.322 e. The third kappa shape index (κ3) is 2.31. The Morgan fingerprint density at radius 1 is 1.69 bits per heavy atom. The summed E-state index contributed by atoms with van der Waals surface area (Å²) < 4.78 is 1.78. The zero-order valence-electron chi connectivity index (χ0n) is 8.04. The lowest BCUT2D eigenvalue weighted by molar-refractivity contribution is -0.114. The SMILES string of the molecule is Cn1c(Cl)cnc1CC(C)(C)C=O. The van der Waals surface area contributed by atoms with Crippen LogP contribution in [0.2, 0.25) is 5.15 Å². The summed E-state index contributed by atoms with van der Waals surface area (Å²) in [6.45, 7) is 3.76. The van der Waals surface area contributed by atoms with Gasteiger partial charge in [0.25, 0.3) is 0 Å². The Kier molecular flexibility index (Phi) is 2.76. The average Bonchev–Trinajstić information content (AvgIpc) is 2.36. The van der Waals surface area contributed by atoms with Crippen molar-refractivity contribution in [3.05, 3.63) is 17.2 Å². The topological polar surface area (TPSA) is 34.9 Å². The molecule has 0 saturated carbocycles. The molecule has 0 aliphatic heterocycles. The fraction of sp³-hybridized carbons (Fsp3) is 0.556. The maximum Gasteiger partial charge on any atom is 0.128 e. The van der Waals surface area contributed by atoms with Gasteiger partial charge >= 0.3 is 0 Å². The molecule has 0 amide bonds. The molecule has 1 aromatic rings. The maximum atomic E-state index is 10.7. The molecule has 1 heterocycles. The van der Waals surface area contributed by atoms with Gasteiger partial charge in [0, 0.05) is 18.9 Å². The predicted octanol–water partition coefficient (Wildman–Crippen LogP) is 1.84. The number of halogens is 1. The summed E-state index contributed by atoms with van der Waals surface area (Å²) in [6.07, 6.45) is 3.15. The first-order chi connectivity index (χ1) is 5.96. The minimum atomic E-state index is -0.373. The van der Waals surface area contributed by atoms with Gasteiger partial charge < -0.3 is 9.36 Å². The van der Waals surface area contributed by atoms with Crippen molar-refractivity contribution < 1.29 is 4.79 Å². The van der Waals surface area contributed by atoms with Crippen LogP contribution in [-0.4, -0.2) is 15.8 Å². The number of aldehydes is 1. The Morgan fingerprint density at radius 3 is 2.69 bits per heavy atom. The number of hydrogen-bond donors (Lipinski definition) is 0. The number of hydrogen-bond acceptors (Lipinski definition) is 2. The van der Waals surface area contributed by atoms with E-state index in [-0.39, 0.29) is 5.41 Å². The van der Waals surface area contributed by atoms with E-state index in [1.54, 1.807) is 10.8 Å². The third-order valence-electron chi connectivity index (χ3n) is 1.96. The van der Waals surface area contributed by atoms with Gasteiger partial charge in [0.2, 0.25) is 0 Å². The average molecular weight is 201 g/mol. The molecule has 72 valence electrons. The lowest BCUT2D eigenvalue weighted by atomic mass is 9.91. The molecule has 0 atom stereocenters. The van der Waals surface area contributed by atoms with Gasteiger partial charge in [-0.05, 0) is 0 Å². The van der Waals surface area contributed by atoms with E-state index in [1.807, 2.05) is 20.9 Å². The first-order valence-corrected chi connectivity index (χ1v) is 4.46. The van der Waals surface area contributed by atoms with E-state index in [1.165, 1.54) is 0 Å². The van der Waals surface area contributed by atoms with Crippen molar-refractivity contribution in [3.63, 3.8) is 0 Å². The highest BCUT2D eigenvalue weighted by atomic mass is 35.5. The Bertz CT molecular complexity index is 317. The second kappa shape index (κ2) is 3.50. The van der Waals surface area contributed by atoms with Crippen LogP contribution in [0.5, 0.6) is 0 Å². The normalized spacial score (nSPS) is 11.7. The summed E-state index contributed by atoms with van der Waals surface area (Å²) >= 11 is 5.81. The fourth-order valence-corrected chi connectivity index (χ4v) is 1.18. The number of rotatable bonds is 3. The van der Waals surface area contributed by atoms with Crippen LogP contribution in [0.1, 0.15) is 19.7 Å². The van der Waals surface area contributed by atoms with Gasteiger partial charge in [0.15, 0.2) is 0 Å². The Balaban J connectivity index is 2.86. The molecule has 0 fully saturated rings. The van der Waals surface area contributed by atoms with Gasteiger partial charge in [-0.1, -0.05) is 25.4 Å². The number of imidazole rings is 1. The van der Waals surface area contributed by atoms with Crippen LogP contribution in [0.4, 0.5) is 0 Å². The minimum absolute atomic E-state index is 0.373. The van der Waals surface area contributed by atoms with Crippen molar-refractivity contribution in [2.45, 2.75) is 20.3 Å². The van der Waals surface area contributed by atoms with Crippen LogP contribution in [0.15, 0.2) is 6.20 Å². The van der Waals surface area contributed by atoms with E-state index < -0.39 is 0 Å². The molecule has 1 aromatic heterocycles. The lowest BCUT2D eigenvalue weighted by Gasteiger charge is -2.15. The monoisotopic (exact) mass is 200 g/mol. The molecule has 0 spiro atoms. The molecule has 0 aliphatic carbocycles. The third-order valence-corrected chi connectivity index (χ3v) is 2.31. The van der Waals surface area contributed by atoms with Crippen LogP contribution in [-0.2, 0) is 18.3 Å². The first kappa shape index (κ1) is 10.3. The van der Waals surface area contributed by atoms with E-state index in [0.29, 0.717) is 11.6 Å².